The summed E-state index contributed by atoms with van der Waals surface area (Å²) in [6.07, 6.45) is 0. The van der Waals surface area contributed by atoms with E-state index in [0.717, 1.165) is 16.1 Å². The molecule has 2 aromatic carbocycles. The highest BCUT2D eigenvalue weighted by molar-refractivity contribution is 7.94. The van der Waals surface area contributed by atoms with Crippen molar-refractivity contribution in [1.29, 1.82) is 0 Å². The molecule has 0 N–H and O–H groups in total. The van der Waals surface area contributed by atoms with E-state index in [1.807, 2.05) is 43.3 Å². The molecule has 0 spiro atoms. The van der Waals surface area contributed by atoms with Crippen LogP contribution in [0.3, 0.4) is 0 Å². The molecule has 0 bridgehead atoms. The zero-order valence-electron chi connectivity index (χ0n) is 17.5. The molecule has 0 saturated heterocycles. The minimum absolute atomic E-state index is 0.173. The first-order valence-electron chi connectivity index (χ1n) is 9.75. The van der Waals surface area contributed by atoms with Crippen molar-refractivity contribution in [1.82, 2.24) is 0 Å². The number of rotatable bonds is 7. The number of fused-ring (bicyclic) bond motifs is 1. The van der Waals surface area contributed by atoms with Gasteiger partial charge in [0.15, 0.2) is 0 Å². The molecule has 28 heavy (non-hydrogen) atoms. The van der Waals surface area contributed by atoms with Crippen LogP contribution in [0.1, 0.15) is 16.7 Å². The van der Waals surface area contributed by atoms with Crippen molar-refractivity contribution in [3.8, 4) is 0 Å². The van der Waals surface area contributed by atoms with E-state index in [0.29, 0.717) is 19.8 Å². The Morgan fingerprint density at radius 3 is 2.36 bits per heavy atom. The van der Waals surface area contributed by atoms with Gasteiger partial charge in [0, 0.05) is 12.0 Å². The highest BCUT2D eigenvalue weighted by Crippen LogP contribution is 2.46. The van der Waals surface area contributed by atoms with Gasteiger partial charge in [0.25, 0.3) is 0 Å². The number of methoxy groups -OCH3 is 1. The highest BCUT2D eigenvalue weighted by Gasteiger charge is 2.45. The van der Waals surface area contributed by atoms with Crippen LogP contribution in [0.2, 0.25) is 19.6 Å². The molecule has 3 rings (SSSR count). The third-order valence-corrected chi connectivity index (χ3v) is 10.8. The van der Waals surface area contributed by atoms with Crippen molar-refractivity contribution in [2.75, 3.05) is 26.9 Å². The summed E-state index contributed by atoms with van der Waals surface area (Å²) in [4.78, 5) is 0.802. The Labute approximate surface area is 170 Å². The molecule has 0 amide bonds. The number of benzene rings is 2. The summed E-state index contributed by atoms with van der Waals surface area (Å²) in [5, 5.41) is -0.173. The van der Waals surface area contributed by atoms with E-state index in [2.05, 4.69) is 31.8 Å². The van der Waals surface area contributed by atoms with Crippen LogP contribution in [-0.2, 0) is 19.2 Å². The smallest absolute Gasteiger partial charge is 0.0855 e. The van der Waals surface area contributed by atoms with Crippen LogP contribution in [0.15, 0.2) is 57.8 Å². The zero-order valence-corrected chi connectivity index (χ0v) is 19.3. The highest BCUT2D eigenvalue weighted by atomic mass is 32.2. The van der Waals surface area contributed by atoms with Crippen LogP contribution in [0.5, 0.6) is 0 Å². The summed E-state index contributed by atoms with van der Waals surface area (Å²) in [6, 6.07) is 16.2. The molecule has 6 heteroatoms. The molecule has 0 saturated carbocycles. The topological polar surface area (TPSA) is 47.9 Å². The van der Waals surface area contributed by atoms with Crippen molar-refractivity contribution in [3.63, 3.8) is 0 Å². The lowest BCUT2D eigenvalue weighted by Crippen LogP contribution is -2.46. The number of hydrogen-bond acceptors (Lipinski definition) is 4. The minimum atomic E-state index is -2.67. The monoisotopic (exact) mass is 417 g/mol. The van der Waals surface area contributed by atoms with Gasteiger partial charge in [-0.25, -0.2) is 4.21 Å². The van der Waals surface area contributed by atoms with E-state index in [1.54, 1.807) is 7.11 Å². The summed E-state index contributed by atoms with van der Waals surface area (Å²) >= 11 is 0. The van der Waals surface area contributed by atoms with Gasteiger partial charge in [-0.2, -0.15) is 4.36 Å². The fourth-order valence-electron chi connectivity index (χ4n) is 3.95. The third-order valence-electron chi connectivity index (χ3n) is 5.29. The van der Waals surface area contributed by atoms with Gasteiger partial charge in [0.1, 0.15) is 0 Å². The zero-order chi connectivity index (χ0) is 20.4. The minimum Gasteiger partial charge on any atom is -0.382 e. The van der Waals surface area contributed by atoms with E-state index in [9.17, 15) is 4.21 Å². The Hall–Kier alpha value is -1.47. The average Bonchev–Trinajstić information content (AvgIpc) is 2.64. The molecule has 0 fully saturated rings. The summed E-state index contributed by atoms with van der Waals surface area (Å²) < 4.78 is 30.4. The number of nitrogens with zero attached hydrogens (tertiary/aromatic N) is 1. The van der Waals surface area contributed by atoms with Crippen molar-refractivity contribution < 1.29 is 13.7 Å². The quantitative estimate of drug-likeness (QED) is 0.462. The number of ether oxygens (including phenoxy) is 2. The Morgan fingerprint density at radius 1 is 1.04 bits per heavy atom. The lowest BCUT2D eigenvalue weighted by molar-refractivity contribution is 0.0701. The molecule has 0 aliphatic carbocycles. The molecule has 1 heterocycles. The van der Waals surface area contributed by atoms with Crippen molar-refractivity contribution in [2.45, 2.75) is 42.3 Å². The Balaban J connectivity index is 2.16. The first-order chi connectivity index (χ1) is 13.3. The average molecular weight is 418 g/mol. The van der Waals surface area contributed by atoms with Crippen LogP contribution in [-0.4, -0.2) is 44.5 Å². The fraction of sp³-hybridized carbons (Fsp3) is 0.455. The summed E-state index contributed by atoms with van der Waals surface area (Å²) in [5.74, 6) is 0. The fourth-order valence-corrected chi connectivity index (χ4v) is 10.5. The second-order valence-corrected chi connectivity index (χ2v) is 16.2. The van der Waals surface area contributed by atoms with E-state index >= 15 is 0 Å². The van der Waals surface area contributed by atoms with Gasteiger partial charge < -0.3 is 9.47 Å². The second-order valence-electron chi connectivity index (χ2n) is 8.48. The van der Waals surface area contributed by atoms with Gasteiger partial charge in [0.2, 0.25) is 0 Å². The van der Waals surface area contributed by atoms with E-state index < -0.39 is 17.8 Å². The summed E-state index contributed by atoms with van der Waals surface area (Å²) in [6.45, 7) is 10.5. The molecule has 0 aromatic heterocycles. The molecule has 2 aromatic rings. The van der Waals surface area contributed by atoms with Gasteiger partial charge >= 0.3 is 0 Å². The van der Waals surface area contributed by atoms with E-state index in [4.69, 9.17) is 13.8 Å². The lowest BCUT2D eigenvalue weighted by atomic mass is 10.1. The van der Waals surface area contributed by atoms with Gasteiger partial charge in [-0.1, -0.05) is 55.5 Å². The second kappa shape index (κ2) is 8.49. The van der Waals surface area contributed by atoms with Crippen LogP contribution in [0.25, 0.3) is 0 Å². The SMILES string of the molecule is COCCOC[C@@H]1[C@H]([Si](C)(C)C)c2ccccc2N=S1(=O)c1ccc(C)cc1. The molecule has 1 unspecified atom stereocenters. The van der Waals surface area contributed by atoms with Gasteiger partial charge in [0.05, 0.1) is 48.6 Å². The van der Waals surface area contributed by atoms with Crippen LogP contribution >= 0.6 is 0 Å². The maximum atomic E-state index is 14.5. The standard InChI is InChI=1S/C22H31NO3SSi/c1-17-10-12-18(13-11-17)27(24)21(16-26-15-14-25-2)22(28(3,4)5)19-8-6-7-9-20(19)23-27/h6-13,21-22H,14-16H2,1-5H3/t21-,22-,27?/m1/s1. The third kappa shape index (κ3) is 4.25. The Kier molecular flexibility index (Phi) is 6.44. The first kappa shape index (κ1) is 21.2. The van der Waals surface area contributed by atoms with Crippen LogP contribution in [0.4, 0.5) is 5.69 Å². The summed E-state index contributed by atoms with van der Waals surface area (Å²) in [7, 11) is -2.73. The van der Waals surface area contributed by atoms with Crippen molar-refractivity contribution in [3.05, 3.63) is 59.7 Å². The molecular weight excluding hydrogens is 386 g/mol. The Morgan fingerprint density at radius 2 is 1.71 bits per heavy atom. The number of hydrogen-bond donors (Lipinski definition) is 0. The molecular formula is C22H31NO3SSi. The summed E-state index contributed by atoms with van der Waals surface area (Å²) in [5.41, 5.74) is 3.44. The molecule has 4 nitrogen and oxygen atoms in total. The predicted molar refractivity (Wildman–Crippen MR) is 119 cm³/mol. The molecule has 152 valence electrons. The maximum absolute atomic E-state index is 14.5. The van der Waals surface area contributed by atoms with Gasteiger partial charge in [-0.3, -0.25) is 0 Å². The van der Waals surface area contributed by atoms with Crippen LogP contribution < -0.4 is 0 Å². The van der Waals surface area contributed by atoms with Crippen molar-refractivity contribution >= 4 is 23.5 Å². The molecule has 1 aliphatic rings. The molecule has 3 atom stereocenters. The normalized spacial score (nSPS) is 24.5. The first-order valence-corrected chi connectivity index (χ1v) is 14.9. The van der Waals surface area contributed by atoms with Crippen molar-refractivity contribution in [2.24, 2.45) is 4.36 Å². The predicted octanol–water partition coefficient (Wildman–Crippen LogP) is 5.16. The number of aryl methyl sites for hydroxylation is 1. The lowest BCUT2D eigenvalue weighted by Gasteiger charge is -2.40. The maximum Gasteiger partial charge on any atom is 0.0855 e. The van der Waals surface area contributed by atoms with Crippen LogP contribution in [0, 0.1) is 6.92 Å². The molecule has 1 aliphatic heterocycles. The van der Waals surface area contributed by atoms with E-state index in [1.165, 1.54) is 5.56 Å². The van der Waals surface area contributed by atoms with Gasteiger partial charge in [-0.15, -0.1) is 0 Å². The van der Waals surface area contributed by atoms with Gasteiger partial charge in [-0.05, 0) is 36.2 Å². The van der Waals surface area contributed by atoms with E-state index in [-0.39, 0.29) is 10.8 Å². The largest absolute Gasteiger partial charge is 0.382 e. The molecule has 0 radical (unpaired) electrons. The Bertz CT molecular complexity index is 928.